The summed E-state index contributed by atoms with van der Waals surface area (Å²) in [7, 11) is -2.44. The summed E-state index contributed by atoms with van der Waals surface area (Å²) in [5.41, 5.74) is 1.24. The topological polar surface area (TPSA) is 46.5 Å². The number of rotatable bonds is 3. The Kier molecular flexibility index (Phi) is 9.13. The van der Waals surface area contributed by atoms with Crippen LogP contribution in [0.5, 0.6) is 0 Å². The van der Waals surface area contributed by atoms with E-state index in [4.69, 9.17) is 23.2 Å². The molecule has 0 bridgehead atoms. The van der Waals surface area contributed by atoms with E-state index in [9.17, 15) is 8.42 Å². The molecule has 17 heavy (non-hydrogen) atoms. The lowest BCUT2D eigenvalue weighted by Gasteiger charge is -1.95. The van der Waals surface area contributed by atoms with Crippen molar-refractivity contribution in [1.29, 1.82) is 0 Å². The highest BCUT2D eigenvalue weighted by atomic mass is 35.5. The second-order valence-electron chi connectivity index (χ2n) is 3.31. The fourth-order valence-corrected chi connectivity index (χ4v) is 1.81. The normalized spacial score (nSPS) is 9.18. The Hall–Kier alpha value is -0.580. The summed E-state index contributed by atoms with van der Waals surface area (Å²) in [5.74, 6) is 0.816. The molecule has 1 aromatic carbocycles. The Morgan fingerprint density at radius 3 is 2.35 bits per heavy atom. The van der Waals surface area contributed by atoms with Crippen molar-refractivity contribution in [3.63, 3.8) is 0 Å². The van der Waals surface area contributed by atoms with Gasteiger partial charge in [-0.25, -0.2) is 0 Å². The number of benzene rings is 1. The molecule has 0 saturated heterocycles. The van der Waals surface area contributed by atoms with Crippen LogP contribution < -0.4 is 0 Å². The number of alkyl halides is 1. The standard InChI is InChI=1S/C7H6ClNO2S.C4H9Cl/c1-5-2-3-7(6(8)4-5)9-12(10)11;1-2-3-4-5/h2-4H,1H3;2-4H2,1H3. The van der Waals surface area contributed by atoms with Crippen molar-refractivity contribution in [3.05, 3.63) is 28.8 Å². The van der Waals surface area contributed by atoms with Crippen LogP contribution >= 0.6 is 23.2 Å². The summed E-state index contributed by atoms with van der Waals surface area (Å²) >= 11 is 11.0. The first-order valence-corrected chi connectivity index (χ1v) is 7.09. The quantitative estimate of drug-likeness (QED) is 0.778. The maximum atomic E-state index is 10.2. The summed E-state index contributed by atoms with van der Waals surface area (Å²) in [6.07, 6.45) is 2.37. The predicted molar refractivity (Wildman–Crippen MR) is 72.8 cm³/mol. The maximum Gasteiger partial charge on any atom is 0.316 e. The number of hydrogen-bond acceptors (Lipinski definition) is 3. The van der Waals surface area contributed by atoms with E-state index >= 15 is 0 Å². The van der Waals surface area contributed by atoms with Gasteiger partial charge in [-0.15, -0.1) is 16.0 Å². The minimum Gasteiger partial charge on any atom is -0.163 e. The number of unbranched alkanes of at least 4 members (excludes halogenated alkanes) is 1. The number of nitrogens with zero attached hydrogens (tertiary/aromatic N) is 1. The molecular weight excluding hydrogens is 281 g/mol. The summed E-state index contributed by atoms with van der Waals surface area (Å²) in [6, 6.07) is 4.97. The zero-order valence-electron chi connectivity index (χ0n) is 9.78. The second-order valence-corrected chi connectivity index (χ2v) is 4.71. The highest BCUT2D eigenvalue weighted by Gasteiger charge is 1.97. The third-order valence-electron chi connectivity index (χ3n) is 1.76. The molecule has 0 heterocycles. The van der Waals surface area contributed by atoms with Gasteiger partial charge in [-0.2, -0.15) is 8.42 Å². The number of hydrogen-bond donors (Lipinski definition) is 0. The molecule has 3 nitrogen and oxygen atoms in total. The highest BCUT2D eigenvalue weighted by Crippen LogP contribution is 2.25. The van der Waals surface area contributed by atoms with E-state index in [0.29, 0.717) is 5.02 Å². The van der Waals surface area contributed by atoms with Gasteiger partial charge in [-0.1, -0.05) is 31.0 Å². The van der Waals surface area contributed by atoms with Crippen molar-refractivity contribution in [2.75, 3.05) is 5.88 Å². The lowest BCUT2D eigenvalue weighted by atomic mass is 10.2. The van der Waals surface area contributed by atoms with Crippen LogP contribution in [0.1, 0.15) is 25.3 Å². The van der Waals surface area contributed by atoms with Gasteiger partial charge < -0.3 is 0 Å². The second kappa shape index (κ2) is 9.45. The van der Waals surface area contributed by atoms with Gasteiger partial charge in [0.2, 0.25) is 0 Å². The highest BCUT2D eigenvalue weighted by molar-refractivity contribution is 7.61. The van der Waals surface area contributed by atoms with Crippen molar-refractivity contribution in [1.82, 2.24) is 0 Å². The summed E-state index contributed by atoms with van der Waals surface area (Å²) in [4.78, 5) is 0. The van der Waals surface area contributed by atoms with Crippen molar-refractivity contribution in [2.24, 2.45) is 4.36 Å². The fraction of sp³-hybridized carbons (Fsp3) is 0.455. The third-order valence-corrected chi connectivity index (χ3v) is 2.68. The Morgan fingerprint density at radius 1 is 1.35 bits per heavy atom. The smallest absolute Gasteiger partial charge is 0.163 e. The van der Waals surface area contributed by atoms with Gasteiger partial charge in [0.25, 0.3) is 0 Å². The molecule has 0 amide bonds. The monoisotopic (exact) mass is 295 g/mol. The molecule has 0 spiro atoms. The van der Waals surface area contributed by atoms with Crippen molar-refractivity contribution < 1.29 is 8.42 Å². The van der Waals surface area contributed by atoms with Gasteiger partial charge in [0, 0.05) is 5.88 Å². The van der Waals surface area contributed by atoms with E-state index in [0.717, 1.165) is 17.9 Å². The minimum atomic E-state index is -2.44. The van der Waals surface area contributed by atoms with Crippen LogP contribution in [0, 0.1) is 6.92 Å². The van der Waals surface area contributed by atoms with Gasteiger partial charge in [-0.05, 0) is 31.0 Å². The van der Waals surface area contributed by atoms with Crippen LogP contribution in [-0.2, 0) is 10.5 Å². The molecule has 0 aliphatic heterocycles. The maximum absolute atomic E-state index is 10.2. The van der Waals surface area contributed by atoms with E-state index in [2.05, 4.69) is 11.3 Å². The lowest BCUT2D eigenvalue weighted by Crippen LogP contribution is -1.72. The molecule has 0 aliphatic carbocycles. The zero-order valence-corrected chi connectivity index (χ0v) is 12.1. The molecule has 0 fully saturated rings. The molecule has 0 saturated carbocycles. The van der Waals surface area contributed by atoms with Gasteiger partial charge in [0.15, 0.2) is 0 Å². The Bertz CT molecular complexity index is 462. The van der Waals surface area contributed by atoms with Gasteiger partial charge >= 0.3 is 10.5 Å². The average Bonchev–Trinajstić information content (AvgIpc) is 2.24. The van der Waals surface area contributed by atoms with Crippen molar-refractivity contribution >= 4 is 39.4 Å². The first-order valence-electron chi connectivity index (χ1n) is 5.14. The van der Waals surface area contributed by atoms with E-state index in [1.807, 2.05) is 6.92 Å². The lowest BCUT2D eigenvalue weighted by molar-refractivity contribution is 0.622. The molecule has 1 aromatic rings. The molecule has 0 unspecified atom stereocenters. The zero-order chi connectivity index (χ0) is 13.3. The Labute approximate surface area is 113 Å². The molecule has 6 heteroatoms. The largest absolute Gasteiger partial charge is 0.316 e. The molecule has 0 atom stereocenters. The number of aryl methyl sites for hydroxylation is 1. The van der Waals surface area contributed by atoms with E-state index in [-0.39, 0.29) is 5.69 Å². The number of halogens is 2. The van der Waals surface area contributed by atoms with Crippen molar-refractivity contribution in [3.8, 4) is 0 Å². The third kappa shape index (κ3) is 8.18. The van der Waals surface area contributed by atoms with E-state index in [1.165, 1.54) is 6.42 Å². The minimum absolute atomic E-state index is 0.274. The van der Waals surface area contributed by atoms with Crippen LogP contribution in [0.4, 0.5) is 5.69 Å². The molecule has 0 aliphatic rings. The molecule has 96 valence electrons. The fourth-order valence-electron chi connectivity index (χ4n) is 0.900. The van der Waals surface area contributed by atoms with Crippen LogP contribution in [0.25, 0.3) is 0 Å². The summed E-state index contributed by atoms with van der Waals surface area (Å²) < 4.78 is 23.6. The van der Waals surface area contributed by atoms with Crippen molar-refractivity contribution in [2.45, 2.75) is 26.7 Å². The molecule has 0 radical (unpaired) electrons. The van der Waals surface area contributed by atoms with E-state index in [1.54, 1.807) is 18.2 Å². The first-order chi connectivity index (χ1) is 8.01. The van der Waals surface area contributed by atoms with Gasteiger partial charge in [0.05, 0.1) is 10.7 Å². The van der Waals surface area contributed by atoms with Gasteiger partial charge in [0.1, 0.15) is 0 Å². The summed E-state index contributed by atoms with van der Waals surface area (Å²) in [6.45, 7) is 3.99. The van der Waals surface area contributed by atoms with Gasteiger partial charge in [-0.3, -0.25) is 0 Å². The van der Waals surface area contributed by atoms with E-state index < -0.39 is 10.5 Å². The first kappa shape index (κ1) is 16.4. The van der Waals surface area contributed by atoms with Crippen LogP contribution in [-0.4, -0.2) is 14.3 Å². The predicted octanol–water partition coefficient (Wildman–Crippen LogP) is 4.37. The molecular formula is C11H15Cl2NO2S. The SMILES string of the molecule is CCCCCl.Cc1ccc(N=S(=O)=O)c(Cl)c1. The van der Waals surface area contributed by atoms with Crippen LogP contribution in [0.2, 0.25) is 5.02 Å². The van der Waals surface area contributed by atoms with Crippen LogP contribution in [0.15, 0.2) is 22.6 Å². The summed E-state index contributed by atoms with van der Waals surface area (Å²) in [5, 5.41) is 0.346. The molecule has 0 aromatic heterocycles. The molecule has 0 N–H and O–H groups in total. The Balaban J connectivity index is 0.000000437. The Morgan fingerprint density at radius 2 is 2.00 bits per heavy atom. The van der Waals surface area contributed by atoms with Crippen LogP contribution in [0.3, 0.4) is 0 Å². The molecule has 1 rings (SSSR count). The average molecular weight is 296 g/mol.